The minimum absolute atomic E-state index is 0.151. The zero-order valence-electron chi connectivity index (χ0n) is 26.5. The summed E-state index contributed by atoms with van der Waals surface area (Å²) in [5.41, 5.74) is 6.79. The number of amides is 1. The second kappa shape index (κ2) is 15.2. The van der Waals surface area contributed by atoms with Crippen LogP contribution in [0.4, 0.5) is 4.39 Å². The molecule has 1 saturated carbocycles. The number of aromatic hydroxyl groups is 1. The fourth-order valence-corrected chi connectivity index (χ4v) is 5.69. The lowest BCUT2D eigenvalue weighted by Crippen LogP contribution is -2.14. The van der Waals surface area contributed by atoms with Gasteiger partial charge in [-0.15, -0.1) is 4.91 Å². The largest absolute Gasteiger partial charge is 0.508 e. The third-order valence-electron chi connectivity index (χ3n) is 7.95. The van der Waals surface area contributed by atoms with Gasteiger partial charge < -0.3 is 14.4 Å². The van der Waals surface area contributed by atoms with Crippen LogP contribution in [0.1, 0.15) is 73.5 Å². The molecule has 5 aromatic rings. The summed E-state index contributed by atoms with van der Waals surface area (Å²) in [6.45, 7) is 8.21. The van der Waals surface area contributed by atoms with Crippen molar-refractivity contribution in [1.82, 2.24) is 9.55 Å². The molecule has 1 fully saturated rings. The Balaban J connectivity index is 0.000000219. The SMILES string of the molecule is CC.COc1ccc(-c2ccc(C)cc2)c(C)c1.O=NC(=O)c1ccc2c(c1)nc(-c1ccc(O)cc1F)n2C1CCCCC1. The first-order valence-corrected chi connectivity index (χ1v) is 15.4. The molecule has 0 bridgehead atoms. The van der Waals surface area contributed by atoms with Crippen LogP contribution in [-0.2, 0) is 0 Å². The molecule has 0 aliphatic heterocycles. The molecule has 1 N–H and O–H groups in total. The molecular weight excluding hydrogens is 569 g/mol. The second-order valence-corrected chi connectivity index (χ2v) is 10.9. The lowest BCUT2D eigenvalue weighted by molar-refractivity contribution is 0.100. The summed E-state index contributed by atoms with van der Waals surface area (Å²) in [7, 11) is 1.69. The van der Waals surface area contributed by atoms with Gasteiger partial charge in [0, 0.05) is 22.8 Å². The topological polar surface area (TPSA) is 93.8 Å². The van der Waals surface area contributed by atoms with Crippen molar-refractivity contribution in [3.8, 4) is 34.0 Å². The molecule has 1 aliphatic carbocycles. The van der Waals surface area contributed by atoms with E-state index in [2.05, 4.69) is 60.4 Å². The third kappa shape index (κ3) is 7.63. The minimum Gasteiger partial charge on any atom is -0.508 e. The number of benzene rings is 4. The number of nitrogens with zero attached hydrogens (tertiary/aromatic N) is 3. The van der Waals surface area contributed by atoms with Crippen molar-refractivity contribution in [3.63, 3.8) is 0 Å². The quantitative estimate of drug-likeness (QED) is 0.200. The molecule has 1 heterocycles. The van der Waals surface area contributed by atoms with E-state index >= 15 is 0 Å². The Kier molecular flexibility index (Phi) is 11.2. The number of imidazole rings is 1. The molecule has 4 aromatic carbocycles. The highest BCUT2D eigenvalue weighted by Crippen LogP contribution is 2.37. The van der Waals surface area contributed by atoms with Gasteiger partial charge >= 0.3 is 5.91 Å². The molecule has 1 aromatic heterocycles. The van der Waals surface area contributed by atoms with E-state index in [1.165, 1.54) is 46.9 Å². The summed E-state index contributed by atoms with van der Waals surface area (Å²) in [5, 5.41) is 12.0. The van der Waals surface area contributed by atoms with Crippen LogP contribution in [0.3, 0.4) is 0 Å². The Morgan fingerprint density at radius 2 is 1.60 bits per heavy atom. The number of nitroso groups, excluding NO2 is 1. The zero-order valence-corrected chi connectivity index (χ0v) is 26.5. The normalized spacial score (nSPS) is 12.8. The maximum atomic E-state index is 14.6. The summed E-state index contributed by atoms with van der Waals surface area (Å²) >= 11 is 0. The number of hydrogen-bond acceptors (Lipinski definition) is 5. The smallest absolute Gasteiger partial charge is 0.316 e. The average molecular weight is 610 g/mol. The van der Waals surface area contributed by atoms with Crippen LogP contribution in [0.5, 0.6) is 11.5 Å². The Bertz CT molecular complexity index is 1770. The highest BCUT2D eigenvalue weighted by molar-refractivity contribution is 5.98. The number of rotatable bonds is 5. The van der Waals surface area contributed by atoms with Crippen LogP contribution in [-0.4, -0.2) is 27.7 Å². The Hall–Kier alpha value is -4.85. The summed E-state index contributed by atoms with van der Waals surface area (Å²) in [5.74, 6) is -0.206. The van der Waals surface area contributed by atoms with Crippen molar-refractivity contribution >= 4 is 16.9 Å². The summed E-state index contributed by atoms with van der Waals surface area (Å²) in [4.78, 5) is 26.7. The van der Waals surface area contributed by atoms with Gasteiger partial charge in [-0.25, -0.2) is 9.37 Å². The van der Waals surface area contributed by atoms with Crippen LogP contribution < -0.4 is 4.74 Å². The third-order valence-corrected chi connectivity index (χ3v) is 7.95. The predicted molar refractivity (Wildman–Crippen MR) is 178 cm³/mol. The molecule has 0 radical (unpaired) electrons. The first-order valence-electron chi connectivity index (χ1n) is 15.4. The Morgan fingerprint density at radius 1 is 0.911 bits per heavy atom. The number of halogens is 1. The number of phenolic OH excluding ortho intramolecular Hbond substituents is 1. The molecular formula is C37H40FN3O4. The molecule has 8 heteroatoms. The van der Waals surface area contributed by atoms with Gasteiger partial charge in [-0.3, -0.25) is 4.79 Å². The van der Waals surface area contributed by atoms with E-state index in [0.717, 1.165) is 43.0 Å². The van der Waals surface area contributed by atoms with Gasteiger partial charge in [-0.1, -0.05) is 69.0 Å². The van der Waals surface area contributed by atoms with E-state index in [9.17, 15) is 19.2 Å². The molecule has 1 amide bonds. The molecule has 0 unspecified atom stereocenters. The van der Waals surface area contributed by atoms with Gasteiger partial charge in [-0.2, -0.15) is 0 Å². The van der Waals surface area contributed by atoms with Gasteiger partial charge in [0.1, 0.15) is 23.1 Å². The van der Waals surface area contributed by atoms with Gasteiger partial charge in [0.05, 0.1) is 23.7 Å². The van der Waals surface area contributed by atoms with E-state index in [1.807, 2.05) is 24.5 Å². The number of phenols is 1. The summed E-state index contributed by atoms with van der Waals surface area (Å²) < 4.78 is 21.8. The van der Waals surface area contributed by atoms with E-state index in [4.69, 9.17) is 4.74 Å². The van der Waals surface area contributed by atoms with Crippen molar-refractivity contribution < 1.29 is 19.0 Å². The number of ether oxygens (including phenoxy) is 1. The van der Waals surface area contributed by atoms with Crippen LogP contribution in [0.25, 0.3) is 33.5 Å². The highest BCUT2D eigenvalue weighted by atomic mass is 19.1. The fraction of sp³-hybridized carbons (Fsp3) is 0.297. The summed E-state index contributed by atoms with van der Waals surface area (Å²) in [6, 6.07) is 23.7. The van der Waals surface area contributed by atoms with Gasteiger partial charge in [-0.05, 0) is 85.8 Å². The van der Waals surface area contributed by atoms with E-state index < -0.39 is 11.7 Å². The number of carbonyl (C=O) groups excluding carboxylic acids is 1. The monoisotopic (exact) mass is 609 g/mol. The van der Waals surface area contributed by atoms with Gasteiger partial charge in [0.25, 0.3) is 0 Å². The van der Waals surface area contributed by atoms with Crippen LogP contribution in [0, 0.1) is 24.6 Å². The van der Waals surface area contributed by atoms with Crippen molar-refractivity contribution in [2.75, 3.05) is 7.11 Å². The number of fused-ring (bicyclic) bond motifs is 1. The lowest BCUT2D eigenvalue weighted by Gasteiger charge is -2.25. The lowest BCUT2D eigenvalue weighted by atomic mass is 9.94. The van der Waals surface area contributed by atoms with E-state index in [0.29, 0.717) is 11.3 Å². The van der Waals surface area contributed by atoms with E-state index in [1.54, 1.807) is 19.2 Å². The number of methoxy groups -OCH3 is 1. The van der Waals surface area contributed by atoms with Gasteiger partial charge in [0.15, 0.2) is 0 Å². The molecule has 45 heavy (non-hydrogen) atoms. The number of carbonyl (C=O) groups is 1. The first kappa shape index (κ1) is 33.1. The minimum atomic E-state index is -0.860. The van der Waals surface area contributed by atoms with Crippen LogP contribution >= 0.6 is 0 Å². The number of aromatic nitrogens is 2. The van der Waals surface area contributed by atoms with Crippen molar-refractivity contribution in [3.05, 3.63) is 106 Å². The van der Waals surface area contributed by atoms with Gasteiger partial charge in [0.2, 0.25) is 0 Å². The maximum absolute atomic E-state index is 14.6. The zero-order chi connectivity index (χ0) is 32.5. The molecule has 0 saturated heterocycles. The van der Waals surface area contributed by atoms with E-state index in [-0.39, 0.29) is 22.9 Å². The standard InChI is InChI=1S/C20H18FN3O3.C15H16O.C2H6/c21-16-11-14(25)7-8-15(16)19-22-17-10-12(20(26)23-27)6-9-18(17)24(19)13-4-2-1-3-5-13;1-11-4-6-13(7-5-11)15-9-8-14(16-3)10-12(15)2;1-2/h6-11,13,25H,1-5H2;4-10H,1-3H3;1-2H3. The second-order valence-electron chi connectivity index (χ2n) is 10.9. The molecule has 6 rings (SSSR count). The van der Waals surface area contributed by atoms with Crippen molar-refractivity contribution in [2.45, 2.75) is 65.8 Å². The number of hydrogen-bond donors (Lipinski definition) is 1. The maximum Gasteiger partial charge on any atom is 0.316 e. The molecule has 7 nitrogen and oxygen atoms in total. The predicted octanol–water partition coefficient (Wildman–Crippen LogP) is 9.97. The fourth-order valence-electron chi connectivity index (χ4n) is 5.69. The van der Waals surface area contributed by atoms with Crippen LogP contribution in [0.2, 0.25) is 0 Å². The molecule has 0 spiro atoms. The highest BCUT2D eigenvalue weighted by Gasteiger charge is 2.24. The number of aryl methyl sites for hydroxylation is 2. The Labute approximate surface area is 263 Å². The van der Waals surface area contributed by atoms with Crippen molar-refractivity contribution in [2.24, 2.45) is 5.18 Å². The van der Waals surface area contributed by atoms with Crippen molar-refractivity contribution in [1.29, 1.82) is 0 Å². The molecule has 0 atom stereocenters. The molecule has 234 valence electrons. The Morgan fingerprint density at radius 3 is 2.22 bits per heavy atom. The first-order chi connectivity index (χ1) is 21.8. The van der Waals surface area contributed by atoms with Crippen LogP contribution in [0.15, 0.2) is 84.0 Å². The summed E-state index contributed by atoms with van der Waals surface area (Å²) in [6.07, 6.45) is 5.29. The average Bonchev–Trinajstić information content (AvgIpc) is 3.45. The molecule has 1 aliphatic rings.